The minimum atomic E-state index is -0.106. The molecule has 1 aliphatic heterocycles. The standard InChI is InChI=1S/C22H27N3O2S/c26-20(24-12-8-17-6-4-11-23-14-17)18-15-25(21(27)19-7-5-13-28-19)16-22(18)9-2-1-3-10-22/h4-7,11,13-14,18H,1-3,8-10,12,15-16H2,(H,24,26). The van der Waals surface area contributed by atoms with Gasteiger partial charge < -0.3 is 10.2 Å². The van der Waals surface area contributed by atoms with Gasteiger partial charge in [0.25, 0.3) is 5.91 Å². The highest BCUT2D eigenvalue weighted by Gasteiger charge is 2.51. The molecule has 1 saturated carbocycles. The first-order chi connectivity index (χ1) is 13.7. The van der Waals surface area contributed by atoms with Crippen LogP contribution in [0.3, 0.4) is 0 Å². The van der Waals surface area contributed by atoms with Gasteiger partial charge in [-0.25, -0.2) is 0 Å². The van der Waals surface area contributed by atoms with E-state index in [2.05, 4.69) is 10.3 Å². The van der Waals surface area contributed by atoms with Gasteiger partial charge in [-0.2, -0.15) is 0 Å². The third-order valence-corrected chi connectivity index (χ3v) is 7.13. The summed E-state index contributed by atoms with van der Waals surface area (Å²) in [5, 5.41) is 5.07. The Morgan fingerprint density at radius 2 is 2.07 bits per heavy atom. The number of likely N-dealkylation sites (tertiary alicyclic amines) is 1. The molecule has 1 aliphatic carbocycles. The molecule has 2 aromatic rings. The van der Waals surface area contributed by atoms with Gasteiger partial charge in [-0.15, -0.1) is 11.3 Å². The Hall–Kier alpha value is -2.21. The van der Waals surface area contributed by atoms with Crippen LogP contribution in [0.25, 0.3) is 0 Å². The zero-order valence-corrected chi connectivity index (χ0v) is 16.9. The van der Waals surface area contributed by atoms with Crippen LogP contribution >= 0.6 is 11.3 Å². The van der Waals surface area contributed by atoms with E-state index >= 15 is 0 Å². The van der Waals surface area contributed by atoms with Crippen LogP contribution in [0, 0.1) is 11.3 Å². The number of amides is 2. The van der Waals surface area contributed by atoms with Gasteiger partial charge in [-0.05, 0) is 42.3 Å². The van der Waals surface area contributed by atoms with E-state index in [9.17, 15) is 9.59 Å². The van der Waals surface area contributed by atoms with E-state index < -0.39 is 0 Å². The molecule has 5 nitrogen and oxygen atoms in total. The van der Waals surface area contributed by atoms with Crippen LogP contribution < -0.4 is 5.32 Å². The molecule has 6 heteroatoms. The maximum atomic E-state index is 13.1. The van der Waals surface area contributed by atoms with E-state index in [4.69, 9.17) is 0 Å². The van der Waals surface area contributed by atoms with Gasteiger partial charge in [-0.1, -0.05) is 31.4 Å². The normalized spacial score (nSPS) is 21.0. The average molecular weight is 398 g/mol. The van der Waals surface area contributed by atoms with Crippen molar-refractivity contribution in [3.8, 4) is 0 Å². The monoisotopic (exact) mass is 397 g/mol. The first kappa shape index (κ1) is 19.1. The van der Waals surface area contributed by atoms with E-state index in [0.29, 0.717) is 19.6 Å². The predicted molar refractivity (Wildman–Crippen MR) is 110 cm³/mol. The highest BCUT2D eigenvalue weighted by molar-refractivity contribution is 7.12. The van der Waals surface area contributed by atoms with Crippen LogP contribution in [0.2, 0.25) is 0 Å². The number of aromatic nitrogens is 1. The van der Waals surface area contributed by atoms with Crippen molar-refractivity contribution < 1.29 is 9.59 Å². The van der Waals surface area contributed by atoms with Crippen molar-refractivity contribution in [2.75, 3.05) is 19.6 Å². The molecule has 28 heavy (non-hydrogen) atoms. The molecule has 2 aliphatic rings. The van der Waals surface area contributed by atoms with Gasteiger partial charge in [0.15, 0.2) is 0 Å². The number of pyridine rings is 1. The van der Waals surface area contributed by atoms with E-state index in [1.165, 1.54) is 17.8 Å². The Labute approximate surface area is 170 Å². The Morgan fingerprint density at radius 1 is 1.21 bits per heavy atom. The lowest BCUT2D eigenvalue weighted by molar-refractivity contribution is -0.128. The van der Waals surface area contributed by atoms with Crippen molar-refractivity contribution in [2.24, 2.45) is 11.3 Å². The molecule has 0 radical (unpaired) electrons. The van der Waals surface area contributed by atoms with Crippen molar-refractivity contribution >= 4 is 23.2 Å². The Bertz CT molecular complexity index is 800. The number of rotatable bonds is 5. The van der Waals surface area contributed by atoms with Gasteiger partial charge in [0, 0.05) is 37.4 Å². The van der Waals surface area contributed by atoms with Crippen LogP contribution in [0.1, 0.15) is 47.3 Å². The van der Waals surface area contributed by atoms with Crippen LogP contribution in [0.4, 0.5) is 0 Å². The SMILES string of the molecule is O=C(NCCc1cccnc1)C1CN(C(=O)c2cccs2)CC12CCCCC2. The van der Waals surface area contributed by atoms with Crippen LogP contribution in [0.15, 0.2) is 42.0 Å². The zero-order valence-electron chi connectivity index (χ0n) is 16.1. The molecule has 148 valence electrons. The Balaban J connectivity index is 1.43. The first-order valence-corrected chi connectivity index (χ1v) is 11.1. The van der Waals surface area contributed by atoms with Crippen molar-refractivity contribution in [3.63, 3.8) is 0 Å². The van der Waals surface area contributed by atoms with Crippen molar-refractivity contribution in [2.45, 2.75) is 38.5 Å². The van der Waals surface area contributed by atoms with E-state index in [-0.39, 0.29) is 23.1 Å². The summed E-state index contributed by atoms with van der Waals surface area (Å²) in [7, 11) is 0. The van der Waals surface area contributed by atoms with Gasteiger partial charge in [0.2, 0.25) is 5.91 Å². The lowest BCUT2D eigenvalue weighted by atomic mass is 9.67. The highest BCUT2D eigenvalue weighted by atomic mass is 32.1. The van der Waals surface area contributed by atoms with Crippen LogP contribution in [-0.4, -0.2) is 41.3 Å². The Morgan fingerprint density at radius 3 is 2.79 bits per heavy atom. The van der Waals surface area contributed by atoms with Crippen LogP contribution in [-0.2, 0) is 11.2 Å². The summed E-state index contributed by atoms with van der Waals surface area (Å²) in [5.41, 5.74) is 1.07. The van der Waals surface area contributed by atoms with Crippen molar-refractivity contribution in [1.82, 2.24) is 15.2 Å². The molecular formula is C22H27N3O2S. The highest BCUT2D eigenvalue weighted by Crippen LogP contribution is 2.48. The molecular weight excluding hydrogens is 370 g/mol. The number of hydrogen-bond acceptors (Lipinski definition) is 4. The maximum Gasteiger partial charge on any atom is 0.263 e. The summed E-state index contributed by atoms with van der Waals surface area (Å²) in [6.07, 6.45) is 10.00. The summed E-state index contributed by atoms with van der Waals surface area (Å²) in [6.45, 7) is 1.86. The molecule has 4 rings (SSSR count). The zero-order chi connectivity index (χ0) is 19.4. The fourth-order valence-electron chi connectivity index (χ4n) is 4.80. The quantitative estimate of drug-likeness (QED) is 0.840. The number of carbonyl (C=O) groups excluding carboxylic acids is 2. The average Bonchev–Trinajstić information content (AvgIpc) is 3.38. The second-order valence-corrected chi connectivity index (χ2v) is 8.99. The predicted octanol–water partition coefficient (Wildman–Crippen LogP) is 3.52. The fraction of sp³-hybridized carbons (Fsp3) is 0.500. The molecule has 1 saturated heterocycles. The number of carbonyl (C=O) groups is 2. The smallest absolute Gasteiger partial charge is 0.263 e. The molecule has 1 spiro atoms. The third kappa shape index (κ3) is 3.97. The van der Waals surface area contributed by atoms with E-state index in [1.54, 1.807) is 6.20 Å². The number of thiophene rings is 1. The molecule has 1 N–H and O–H groups in total. The fourth-order valence-corrected chi connectivity index (χ4v) is 5.49. The molecule has 0 bridgehead atoms. The third-order valence-electron chi connectivity index (χ3n) is 6.27. The summed E-state index contributed by atoms with van der Waals surface area (Å²) in [5.74, 6) is 0.0727. The molecule has 3 heterocycles. The van der Waals surface area contributed by atoms with Gasteiger partial charge in [0.05, 0.1) is 10.8 Å². The molecule has 0 aromatic carbocycles. The largest absolute Gasteiger partial charge is 0.355 e. The second-order valence-electron chi connectivity index (χ2n) is 8.04. The lowest BCUT2D eigenvalue weighted by Gasteiger charge is -2.37. The van der Waals surface area contributed by atoms with E-state index in [1.807, 2.05) is 40.7 Å². The molecule has 2 amide bonds. The minimum absolute atomic E-state index is 0.0520. The number of nitrogens with one attached hydrogen (secondary N) is 1. The first-order valence-electron chi connectivity index (χ1n) is 10.2. The van der Waals surface area contributed by atoms with E-state index in [0.717, 1.165) is 42.5 Å². The summed E-state index contributed by atoms with van der Waals surface area (Å²) < 4.78 is 0. The summed E-state index contributed by atoms with van der Waals surface area (Å²) in [4.78, 5) is 32.8. The topological polar surface area (TPSA) is 62.3 Å². The summed E-state index contributed by atoms with van der Waals surface area (Å²) in [6, 6.07) is 7.73. The molecule has 2 fully saturated rings. The minimum Gasteiger partial charge on any atom is -0.355 e. The maximum absolute atomic E-state index is 13.1. The van der Waals surface area contributed by atoms with Crippen molar-refractivity contribution in [3.05, 3.63) is 52.5 Å². The van der Waals surface area contributed by atoms with Crippen LogP contribution in [0.5, 0.6) is 0 Å². The van der Waals surface area contributed by atoms with Gasteiger partial charge >= 0.3 is 0 Å². The lowest BCUT2D eigenvalue weighted by Crippen LogP contribution is -2.43. The van der Waals surface area contributed by atoms with Gasteiger partial charge in [-0.3, -0.25) is 14.6 Å². The number of hydrogen-bond donors (Lipinski definition) is 1. The molecule has 2 aromatic heterocycles. The second kappa shape index (κ2) is 8.43. The summed E-state index contributed by atoms with van der Waals surface area (Å²) >= 11 is 1.48. The number of nitrogens with zero attached hydrogens (tertiary/aromatic N) is 2. The van der Waals surface area contributed by atoms with Crippen molar-refractivity contribution in [1.29, 1.82) is 0 Å². The molecule has 1 unspecified atom stereocenters. The molecule has 1 atom stereocenters. The Kier molecular flexibility index (Phi) is 5.76. The van der Waals surface area contributed by atoms with Gasteiger partial charge in [0.1, 0.15) is 0 Å².